The van der Waals surface area contributed by atoms with Gasteiger partial charge in [-0.1, -0.05) is 25.1 Å². The lowest BCUT2D eigenvalue weighted by Crippen LogP contribution is -2.49. The number of carbonyl (C=O) groups is 1. The molecule has 0 bridgehead atoms. The standard InChI is InChI=1S/C18H27N3O/c1-14-6-5-10-20(12-14)13-15(2)19-18(22)21-11-9-16-7-3-4-8-17(16)21/h3-4,7-8,14-15H,5-6,9-13H2,1-2H3,(H,19,22)/t14-,15+/m0/s1. The fourth-order valence-corrected chi connectivity index (χ4v) is 3.72. The Morgan fingerprint density at radius 1 is 1.36 bits per heavy atom. The number of amides is 2. The van der Waals surface area contributed by atoms with Crippen molar-refractivity contribution in [3.8, 4) is 0 Å². The average Bonchev–Trinajstić information content (AvgIpc) is 2.91. The third-order valence-electron chi connectivity index (χ3n) is 4.78. The number of likely N-dealkylation sites (tertiary alicyclic amines) is 1. The molecule has 1 saturated heterocycles. The van der Waals surface area contributed by atoms with Crippen LogP contribution in [0.2, 0.25) is 0 Å². The van der Waals surface area contributed by atoms with Gasteiger partial charge >= 0.3 is 6.03 Å². The van der Waals surface area contributed by atoms with Crippen molar-refractivity contribution in [3.05, 3.63) is 29.8 Å². The molecule has 4 heteroatoms. The molecule has 22 heavy (non-hydrogen) atoms. The van der Waals surface area contributed by atoms with Crippen molar-refractivity contribution in [2.45, 2.75) is 39.2 Å². The first-order valence-electron chi connectivity index (χ1n) is 8.52. The molecule has 2 aliphatic rings. The van der Waals surface area contributed by atoms with E-state index in [0.717, 1.165) is 44.2 Å². The first-order chi connectivity index (χ1) is 10.6. The van der Waals surface area contributed by atoms with Gasteiger partial charge in [-0.05, 0) is 50.3 Å². The highest BCUT2D eigenvalue weighted by atomic mass is 16.2. The molecule has 2 amide bonds. The molecule has 0 spiro atoms. The first kappa shape index (κ1) is 15.3. The number of urea groups is 1. The number of carbonyl (C=O) groups excluding carboxylic acids is 1. The largest absolute Gasteiger partial charge is 0.334 e. The van der Waals surface area contributed by atoms with E-state index in [2.05, 4.69) is 30.1 Å². The summed E-state index contributed by atoms with van der Waals surface area (Å²) >= 11 is 0. The van der Waals surface area contributed by atoms with Crippen LogP contribution in [-0.2, 0) is 6.42 Å². The number of para-hydroxylation sites is 1. The Bertz CT molecular complexity index is 531. The molecule has 0 radical (unpaired) electrons. The van der Waals surface area contributed by atoms with Gasteiger partial charge in [0.15, 0.2) is 0 Å². The highest BCUT2D eigenvalue weighted by Crippen LogP contribution is 2.27. The van der Waals surface area contributed by atoms with E-state index in [1.807, 2.05) is 23.1 Å². The Hall–Kier alpha value is -1.55. The summed E-state index contributed by atoms with van der Waals surface area (Å²) in [6, 6.07) is 8.43. The van der Waals surface area contributed by atoms with Gasteiger partial charge in [0.05, 0.1) is 0 Å². The molecule has 0 saturated carbocycles. The molecule has 3 rings (SSSR count). The molecule has 1 aromatic carbocycles. The lowest BCUT2D eigenvalue weighted by atomic mass is 10.00. The quantitative estimate of drug-likeness (QED) is 0.932. The topological polar surface area (TPSA) is 35.6 Å². The van der Waals surface area contributed by atoms with Gasteiger partial charge in [-0.25, -0.2) is 4.79 Å². The Balaban J connectivity index is 1.53. The van der Waals surface area contributed by atoms with Crippen LogP contribution < -0.4 is 10.2 Å². The van der Waals surface area contributed by atoms with Crippen LogP contribution >= 0.6 is 0 Å². The van der Waals surface area contributed by atoms with Crippen molar-refractivity contribution in [1.82, 2.24) is 10.2 Å². The van der Waals surface area contributed by atoms with E-state index >= 15 is 0 Å². The number of fused-ring (bicyclic) bond motifs is 1. The third kappa shape index (κ3) is 3.43. The summed E-state index contributed by atoms with van der Waals surface area (Å²) in [5, 5.41) is 3.17. The molecular formula is C18H27N3O. The lowest BCUT2D eigenvalue weighted by molar-refractivity contribution is 0.170. The van der Waals surface area contributed by atoms with E-state index < -0.39 is 0 Å². The fraction of sp³-hybridized carbons (Fsp3) is 0.611. The van der Waals surface area contributed by atoms with Crippen molar-refractivity contribution in [3.63, 3.8) is 0 Å². The molecule has 2 heterocycles. The number of nitrogens with one attached hydrogen (secondary N) is 1. The van der Waals surface area contributed by atoms with Gasteiger partial charge in [0.2, 0.25) is 0 Å². The Morgan fingerprint density at radius 3 is 3.00 bits per heavy atom. The Kier molecular flexibility index (Phi) is 4.67. The van der Waals surface area contributed by atoms with E-state index in [1.165, 1.54) is 18.4 Å². The Labute approximate surface area is 133 Å². The minimum atomic E-state index is 0.0440. The van der Waals surface area contributed by atoms with Crippen molar-refractivity contribution < 1.29 is 4.79 Å². The molecule has 2 aliphatic heterocycles. The fourth-order valence-electron chi connectivity index (χ4n) is 3.72. The van der Waals surface area contributed by atoms with Crippen LogP contribution in [0, 0.1) is 5.92 Å². The molecule has 0 aliphatic carbocycles. The first-order valence-corrected chi connectivity index (χ1v) is 8.52. The molecule has 2 atom stereocenters. The molecule has 4 nitrogen and oxygen atoms in total. The predicted molar refractivity (Wildman–Crippen MR) is 90.3 cm³/mol. The highest BCUT2D eigenvalue weighted by molar-refractivity contribution is 5.94. The van der Waals surface area contributed by atoms with Gasteiger partial charge in [0.1, 0.15) is 0 Å². The maximum atomic E-state index is 12.5. The van der Waals surface area contributed by atoms with Gasteiger partial charge in [-0.2, -0.15) is 0 Å². The van der Waals surface area contributed by atoms with Crippen LogP contribution in [0.4, 0.5) is 10.5 Å². The normalized spacial score (nSPS) is 23.2. The number of benzene rings is 1. The van der Waals surface area contributed by atoms with E-state index in [-0.39, 0.29) is 12.1 Å². The van der Waals surface area contributed by atoms with Gasteiger partial charge in [-0.15, -0.1) is 0 Å². The SMILES string of the molecule is C[C@H]1CCCN(C[C@@H](C)NC(=O)N2CCc3ccccc32)C1. The number of hydrogen-bond donors (Lipinski definition) is 1. The molecule has 120 valence electrons. The van der Waals surface area contributed by atoms with Gasteiger partial charge < -0.3 is 10.2 Å². The zero-order valence-corrected chi connectivity index (χ0v) is 13.7. The van der Waals surface area contributed by atoms with E-state index in [0.29, 0.717) is 0 Å². The van der Waals surface area contributed by atoms with Gasteiger partial charge in [-0.3, -0.25) is 4.90 Å². The number of hydrogen-bond acceptors (Lipinski definition) is 2. The van der Waals surface area contributed by atoms with Crippen LogP contribution in [0.1, 0.15) is 32.3 Å². The summed E-state index contributed by atoms with van der Waals surface area (Å²) < 4.78 is 0. The smallest absolute Gasteiger partial charge is 0.322 e. The Morgan fingerprint density at radius 2 is 2.18 bits per heavy atom. The second-order valence-electron chi connectivity index (χ2n) is 6.89. The van der Waals surface area contributed by atoms with Crippen LogP contribution in [0.25, 0.3) is 0 Å². The molecule has 1 fully saturated rings. The maximum absolute atomic E-state index is 12.5. The number of rotatable bonds is 3. The highest BCUT2D eigenvalue weighted by Gasteiger charge is 2.25. The second kappa shape index (κ2) is 6.69. The van der Waals surface area contributed by atoms with E-state index in [4.69, 9.17) is 0 Å². The van der Waals surface area contributed by atoms with Gasteiger partial charge in [0.25, 0.3) is 0 Å². The predicted octanol–water partition coefficient (Wildman–Crippen LogP) is 2.88. The monoisotopic (exact) mass is 301 g/mol. The molecule has 1 aromatic rings. The van der Waals surface area contributed by atoms with Crippen molar-refractivity contribution in [1.29, 1.82) is 0 Å². The molecule has 1 N–H and O–H groups in total. The minimum Gasteiger partial charge on any atom is -0.334 e. The van der Waals surface area contributed by atoms with Crippen molar-refractivity contribution in [2.75, 3.05) is 31.1 Å². The summed E-state index contributed by atoms with van der Waals surface area (Å²) in [7, 11) is 0. The second-order valence-corrected chi connectivity index (χ2v) is 6.89. The summed E-state index contributed by atoms with van der Waals surface area (Å²) in [5.41, 5.74) is 2.34. The van der Waals surface area contributed by atoms with Crippen LogP contribution in [0.15, 0.2) is 24.3 Å². The number of anilines is 1. The zero-order valence-electron chi connectivity index (χ0n) is 13.7. The van der Waals surface area contributed by atoms with Gasteiger partial charge in [0, 0.05) is 31.4 Å². The number of nitrogens with zero attached hydrogens (tertiary/aromatic N) is 2. The van der Waals surface area contributed by atoms with Crippen LogP contribution in [0.3, 0.4) is 0 Å². The van der Waals surface area contributed by atoms with Crippen molar-refractivity contribution >= 4 is 11.7 Å². The number of piperidine rings is 1. The maximum Gasteiger partial charge on any atom is 0.322 e. The summed E-state index contributed by atoms with van der Waals surface area (Å²) in [4.78, 5) is 16.9. The summed E-state index contributed by atoms with van der Waals surface area (Å²) in [6.07, 6.45) is 3.57. The van der Waals surface area contributed by atoms with Crippen LogP contribution in [-0.4, -0.2) is 43.2 Å². The third-order valence-corrected chi connectivity index (χ3v) is 4.78. The van der Waals surface area contributed by atoms with E-state index in [1.54, 1.807) is 0 Å². The lowest BCUT2D eigenvalue weighted by Gasteiger charge is -2.33. The summed E-state index contributed by atoms with van der Waals surface area (Å²) in [5.74, 6) is 0.780. The molecular weight excluding hydrogens is 274 g/mol. The minimum absolute atomic E-state index is 0.0440. The van der Waals surface area contributed by atoms with Crippen molar-refractivity contribution in [2.24, 2.45) is 5.92 Å². The molecule has 0 aromatic heterocycles. The van der Waals surface area contributed by atoms with E-state index in [9.17, 15) is 4.79 Å². The molecule has 0 unspecified atom stereocenters. The van der Waals surface area contributed by atoms with Crippen LogP contribution in [0.5, 0.6) is 0 Å². The average molecular weight is 301 g/mol. The summed E-state index contributed by atoms with van der Waals surface area (Å²) in [6.45, 7) is 8.49. The zero-order chi connectivity index (χ0) is 15.5.